The highest BCUT2D eigenvalue weighted by Crippen LogP contribution is 2.28. The van der Waals surface area contributed by atoms with Crippen molar-refractivity contribution in [2.24, 2.45) is 0 Å². The lowest BCUT2D eigenvalue weighted by Gasteiger charge is -2.24. The van der Waals surface area contributed by atoms with Gasteiger partial charge in [-0.3, -0.25) is 4.79 Å². The molecule has 1 atom stereocenters. The van der Waals surface area contributed by atoms with Crippen LogP contribution >= 0.6 is 22.9 Å². The molecule has 2 rings (SSSR count). The van der Waals surface area contributed by atoms with E-state index in [-0.39, 0.29) is 5.91 Å². The molecule has 1 aromatic heterocycles. The topological polar surface area (TPSA) is 32.3 Å². The van der Waals surface area contributed by atoms with Gasteiger partial charge in [0.25, 0.3) is 0 Å². The van der Waals surface area contributed by atoms with Gasteiger partial charge >= 0.3 is 0 Å². The summed E-state index contributed by atoms with van der Waals surface area (Å²) >= 11 is 7.49. The summed E-state index contributed by atoms with van der Waals surface area (Å²) in [6.07, 6.45) is 2.72. The van der Waals surface area contributed by atoms with E-state index in [0.717, 1.165) is 30.3 Å². The molecule has 1 amide bonds. The quantitative estimate of drug-likeness (QED) is 0.816. The lowest BCUT2D eigenvalue weighted by atomic mass is 10.1. The molecule has 1 N–H and O–H groups in total. The molecule has 1 aliphatic heterocycles. The van der Waals surface area contributed by atoms with Crippen molar-refractivity contribution in [1.82, 2.24) is 10.2 Å². The van der Waals surface area contributed by atoms with Crippen LogP contribution in [-0.4, -0.2) is 29.9 Å². The van der Waals surface area contributed by atoms with Crippen LogP contribution in [0.3, 0.4) is 0 Å². The highest BCUT2D eigenvalue weighted by molar-refractivity contribution is 7.16. The average Bonchev–Trinajstić information content (AvgIpc) is 2.90. The van der Waals surface area contributed by atoms with Gasteiger partial charge in [0.05, 0.1) is 10.9 Å². The van der Waals surface area contributed by atoms with Crippen molar-refractivity contribution in [2.45, 2.75) is 38.8 Å². The second-order valence-electron chi connectivity index (χ2n) is 4.56. The smallest absolute Gasteiger partial charge is 0.223 e. The Hall–Kier alpha value is -0.580. The molecule has 0 bridgehead atoms. The van der Waals surface area contributed by atoms with E-state index in [4.69, 9.17) is 11.6 Å². The first kappa shape index (κ1) is 13.8. The summed E-state index contributed by atoms with van der Waals surface area (Å²) in [6, 6.07) is 4.30. The van der Waals surface area contributed by atoms with Gasteiger partial charge in [0.1, 0.15) is 0 Å². The van der Waals surface area contributed by atoms with Gasteiger partial charge in [-0.25, -0.2) is 0 Å². The van der Waals surface area contributed by atoms with Crippen LogP contribution in [0.25, 0.3) is 0 Å². The van der Waals surface area contributed by atoms with Crippen molar-refractivity contribution in [3.05, 3.63) is 21.3 Å². The minimum Gasteiger partial charge on any atom is -0.335 e. The monoisotopic (exact) mass is 286 g/mol. The Morgan fingerprint density at radius 3 is 3.06 bits per heavy atom. The van der Waals surface area contributed by atoms with Gasteiger partial charge in [0.15, 0.2) is 0 Å². The van der Waals surface area contributed by atoms with E-state index in [0.29, 0.717) is 19.0 Å². The average molecular weight is 287 g/mol. The first-order valence-electron chi connectivity index (χ1n) is 6.45. The predicted octanol–water partition coefficient (Wildman–Crippen LogP) is 2.89. The molecule has 3 nitrogen and oxygen atoms in total. The van der Waals surface area contributed by atoms with Crippen LogP contribution in [0.5, 0.6) is 0 Å². The number of thiophene rings is 1. The summed E-state index contributed by atoms with van der Waals surface area (Å²) < 4.78 is 0.792. The van der Waals surface area contributed by atoms with Gasteiger partial charge in [-0.1, -0.05) is 18.5 Å². The molecule has 0 aromatic carbocycles. The van der Waals surface area contributed by atoms with E-state index in [1.54, 1.807) is 11.3 Å². The van der Waals surface area contributed by atoms with Crippen LogP contribution in [0, 0.1) is 0 Å². The van der Waals surface area contributed by atoms with E-state index < -0.39 is 0 Å². The van der Waals surface area contributed by atoms with Crippen molar-refractivity contribution < 1.29 is 4.79 Å². The number of carbonyl (C=O) groups is 1. The molecule has 1 fully saturated rings. The van der Waals surface area contributed by atoms with E-state index in [2.05, 4.69) is 12.2 Å². The highest BCUT2D eigenvalue weighted by atomic mass is 35.5. The van der Waals surface area contributed by atoms with Gasteiger partial charge in [-0.2, -0.15) is 0 Å². The Kier molecular flexibility index (Phi) is 5.03. The third-order valence-corrected chi connectivity index (χ3v) is 4.53. The molecular weight excluding hydrogens is 268 g/mol. The summed E-state index contributed by atoms with van der Waals surface area (Å²) in [5, 5.41) is 3.32. The molecule has 5 heteroatoms. The van der Waals surface area contributed by atoms with Crippen LogP contribution in [0.2, 0.25) is 4.34 Å². The predicted molar refractivity (Wildman–Crippen MR) is 76.1 cm³/mol. The SMILES string of the molecule is CCNCCC1CCC(=O)N1Cc1ccc(Cl)s1. The number of amides is 1. The largest absolute Gasteiger partial charge is 0.335 e. The van der Waals surface area contributed by atoms with Crippen LogP contribution in [0.1, 0.15) is 31.1 Å². The van der Waals surface area contributed by atoms with Crippen LogP contribution < -0.4 is 5.32 Å². The second kappa shape index (κ2) is 6.55. The standard InChI is InChI=1S/C13H19ClN2OS/c1-2-15-8-7-10-3-6-13(17)16(10)9-11-4-5-12(14)18-11/h4-5,10,15H,2-3,6-9H2,1H3. The first-order chi connectivity index (χ1) is 8.70. The summed E-state index contributed by atoms with van der Waals surface area (Å²) in [4.78, 5) is 15.1. The number of carbonyl (C=O) groups excluding carboxylic acids is 1. The molecule has 1 aromatic rings. The maximum Gasteiger partial charge on any atom is 0.223 e. The number of hydrogen-bond donors (Lipinski definition) is 1. The third-order valence-electron chi connectivity index (χ3n) is 3.31. The van der Waals surface area contributed by atoms with Gasteiger partial charge in [-0.15, -0.1) is 11.3 Å². The van der Waals surface area contributed by atoms with E-state index in [1.807, 2.05) is 17.0 Å². The minimum absolute atomic E-state index is 0.279. The third kappa shape index (κ3) is 3.46. The van der Waals surface area contributed by atoms with E-state index in [1.165, 1.54) is 4.88 Å². The fourth-order valence-electron chi connectivity index (χ4n) is 2.36. The van der Waals surface area contributed by atoms with E-state index in [9.17, 15) is 4.79 Å². The molecule has 18 heavy (non-hydrogen) atoms. The molecular formula is C13H19ClN2OS. The van der Waals surface area contributed by atoms with Crippen LogP contribution in [-0.2, 0) is 11.3 Å². The Bertz CT molecular complexity index is 407. The molecule has 0 aliphatic carbocycles. The zero-order valence-electron chi connectivity index (χ0n) is 10.6. The molecule has 0 saturated carbocycles. The maximum absolute atomic E-state index is 11.9. The Morgan fingerprint density at radius 2 is 2.39 bits per heavy atom. The number of nitrogens with one attached hydrogen (secondary N) is 1. The van der Waals surface area contributed by atoms with Crippen LogP contribution in [0.15, 0.2) is 12.1 Å². The van der Waals surface area contributed by atoms with E-state index >= 15 is 0 Å². The minimum atomic E-state index is 0.279. The maximum atomic E-state index is 11.9. The molecule has 0 spiro atoms. The van der Waals surface area contributed by atoms with Crippen molar-refractivity contribution >= 4 is 28.8 Å². The number of hydrogen-bond acceptors (Lipinski definition) is 3. The summed E-state index contributed by atoms with van der Waals surface area (Å²) in [6.45, 7) is 4.79. The number of likely N-dealkylation sites (tertiary alicyclic amines) is 1. The highest BCUT2D eigenvalue weighted by Gasteiger charge is 2.30. The summed E-state index contributed by atoms with van der Waals surface area (Å²) in [5.41, 5.74) is 0. The normalized spacial score (nSPS) is 19.8. The van der Waals surface area contributed by atoms with Gasteiger partial charge in [-0.05, 0) is 38.1 Å². The molecule has 100 valence electrons. The van der Waals surface area contributed by atoms with Crippen molar-refractivity contribution in [1.29, 1.82) is 0 Å². The summed E-state index contributed by atoms with van der Waals surface area (Å²) in [5.74, 6) is 0.279. The van der Waals surface area contributed by atoms with Crippen molar-refractivity contribution in [3.8, 4) is 0 Å². The van der Waals surface area contributed by atoms with Crippen molar-refractivity contribution in [2.75, 3.05) is 13.1 Å². The molecule has 2 heterocycles. The lowest BCUT2D eigenvalue weighted by molar-refractivity contribution is -0.129. The lowest BCUT2D eigenvalue weighted by Crippen LogP contribution is -2.34. The number of nitrogens with zero attached hydrogens (tertiary/aromatic N) is 1. The second-order valence-corrected chi connectivity index (χ2v) is 6.36. The molecule has 1 aliphatic rings. The Balaban J connectivity index is 1.92. The molecule has 1 saturated heterocycles. The van der Waals surface area contributed by atoms with Crippen molar-refractivity contribution in [3.63, 3.8) is 0 Å². The van der Waals surface area contributed by atoms with Gasteiger partial charge < -0.3 is 10.2 Å². The fourth-order valence-corrected chi connectivity index (χ4v) is 3.45. The number of halogens is 1. The Labute approximate surface area is 117 Å². The Morgan fingerprint density at radius 1 is 1.56 bits per heavy atom. The van der Waals surface area contributed by atoms with Gasteiger partial charge in [0.2, 0.25) is 5.91 Å². The summed E-state index contributed by atoms with van der Waals surface area (Å²) in [7, 11) is 0. The zero-order chi connectivity index (χ0) is 13.0. The van der Waals surface area contributed by atoms with Gasteiger partial charge in [0, 0.05) is 17.3 Å². The first-order valence-corrected chi connectivity index (χ1v) is 7.64. The van der Waals surface area contributed by atoms with Crippen LogP contribution in [0.4, 0.5) is 0 Å². The molecule has 0 radical (unpaired) electrons. The fraction of sp³-hybridized carbons (Fsp3) is 0.615. The zero-order valence-corrected chi connectivity index (χ0v) is 12.2. The molecule has 1 unspecified atom stereocenters. The number of rotatable bonds is 6.